The van der Waals surface area contributed by atoms with E-state index >= 15 is 0 Å². The first-order chi connectivity index (χ1) is 6.67. The Balaban J connectivity index is 2.79. The molecule has 0 heterocycles. The van der Waals surface area contributed by atoms with Crippen LogP contribution in [0.15, 0.2) is 18.2 Å². The van der Waals surface area contributed by atoms with Crippen molar-refractivity contribution in [3.8, 4) is 11.5 Å². The molecule has 0 saturated carbocycles. The predicted octanol–water partition coefficient (Wildman–Crippen LogP) is 2.45. The molecule has 0 bridgehead atoms. The first-order valence-corrected chi connectivity index (χ1v) is 4.77. The Kier molecular flexibility index (Phi) is 3.63. The summed E-state index contributed by atoms with van der Waals surface area (Å²) in [4.78, 5) is 0. The van der Waals surface area contributed by atoms with Gasteiger partial charge in [-0.15, -0.1) is 0 Å². The topological polar surface area (TPSA) is 44.5 Å². The van der Waals surface area contributed by atoms with Crippen LogP contribution in [0.3, 0.4) is 0 Å². The minimum Gasteiger partial charge on any atom is -0.494 e. The lowest BCUT2D eigenvalue weighted by atomic mass is 10.2. The predicted molar refractivity (Wildman–Crippen MR) is 57.8 cm³/mol. The molecule has 0 saturated heterocycles. The van der Waals surface area contributed by atoms with Crippen molar-refractivity contribution in [1.82, 2.24) is 0 Å². The maximum absolute atomic E-state index is 5.68. The first kappa shape index (κ1) is 10.7. The summed E-state index contributed by atoms with van der Waals surface area (Å²) in [6.45, 7) is 4.11. The summed E-state index contributed by atoms with van der Waals surface area (Å²) < 4.78 is 10.7. The number of benzene rings is 1. The number of methoxy groups -OCH3 is 1. The molecule has 0 aromatic heterocycles. The highest BCUT2D eigenvalue weighted by atomic mass is 16.5. The van der Waals surface area contributed by atoms with Crippen LogP contribution < -0.4 is 15.2 Å². The molecule has 1 aromatic rings. The van der Waals surface area contributed by atoms with Crippen LogP contribution in [0.5, 0.6) is 11.5 Å². The van der Waals surface area contributed by atoms with E-state index in [1.54, 1.807) is 13.2 Å². The number of rotatable bonds is 4. The second-order valence-corrected chi connectivity index (χ2v) is 3.24. The lowest BCUT2D eigenvalue weighted by Gasteiger charge is -2.13. The van der Waals surface area contributed by atoms with Gasteiger partial charge in [-0.3, -0.25) is 0 Å². The molecule has 0 radical (unpaired) electrons. The van der Waals surface area contributed by atoms with Crippen molar-refractivity contribution in [2.75, 3.05) is 12.8 Å². The minimum atomic E-state index is 0.211. The second kappa shape index (κ2) is 4.74. The zero-order chi connectivity index (χ0) is 10.6. The van der Waals surface area contributed by atoms with Crippen LogP contribution in [0.25, 0.3) is 0 Å². The molecule has 2 N–H and O–H groups in total. The van der Waals surface area contributed by atoms with Gasteiger partial charge in [-0.05, 0) is 25.5 Å². The van der Waals surface area contributed by atoms with Crippen LogP contribution in [-0.2, 0) is 0 Å². The number of anilines is 1. The molecule has 0 aliphatic rings. The molecule has 3 nitrogen and oxygen atoms in total. The molecule has 14 heavy (non-hydrogen) atoms. The van der Waals surface area contributed by atoms with Gasteiger partial charge in [-0.2, -0.15) is 0 Å². The highest BCUT2D eigenvalue weighted by Crippen LogP contribution is 2.27. The Hall–Kier alpha value is -1.38. The van der Waals surface area contributed by atoms with Crippen LogP contribution in [0.2, 0.25) is 0 Å². The molecule has 1 rings (SSSR count). The number of ether oxygens (including phenoxy) is 2. The van der Waals surface area contributed by atoms with Gasteiger partial charge in [0.05, 0.1) is 18.9 Å². The van der Waals surface area contributed by atoms with Crippen LogP contribution in [-0.4, -0.2) is 13.2 Å². The third kappa shape index (κ3) is 2.55. The highest BCUT2D eigenvalue weighted by molar-refractivity contribution is 5.55. The summed E-state index contributed by atoms with van der Waals surface area (Å²) in [7, 11) is 1.60. The molecule has 0 aliphatic heterocycles. The highest BCUT2D eigenvalue weighted by Gasteiger charge is 2.04. The SMILES string of the molecule is CCC(C)Oc1ccc(N)c(OC)c1. The van der Waals surface area contributed by atoms with E-state index in [0.29, 0.717) is 11.4 Å². The molecule has 1 aromatic carbocycles. The quantitative estimate of drug-likeness (QED) is 0.750. The zero-order valence-corrected chi connectivity index (χ0v) is 8.91. The average molecular weight is 195 g/mol. The summed E-state index contributed by atoms with van der Waals surface area (Å²) in [5, 5.41) is 0. The Morgan fingerprint density at radius 3 is 2.71 bits per heavy atom. The molecule has 1 atom stereocenters. The lowest BCUT2D eigenvalue weighted by molar-refractivity contribution is 0.216. The van der Waals surface area contributed by atoms with E-state index in [-0.39, 0.29) is 6.10 Å². The zero-order valence-electron chi connectivity index (χ0n) is 8.91. The molecule has 3 heteroatoms. The fourth-order valence-electron chi connectivity index (χ4n) is 1.08. The summed E-state index contributed by atoms with van der Waals surface area (Å²) in [6, 6.07) is 5.45. The van der Waals surface area contributed by atoms with Crippen molar-refractivity contribution in [1.29, 1.82) is 0 Å². The van der Waals surface area contributed by atoms with Crippen LogP contribution in [0.1, 0.15) is 20.3 Å². The van der Waals surface area contributed by atoms with Crippen LogP contribution >= 0.6 is 0 Å². The summed E-state index contributed by atoms with van der Waals surface area (Å²) >= 11 is 0. The van der Waals surface area contributed by atoms with Crippen LogP contribution in [0.4, 0.5) is 5.69 Å². The molecular formula is C11H17NO2. The molecule has 0 spiro atoms. The van der Waals surface area contributed by atoms with Crippen molar-refractivity contribution in [2.24, 2.45) is 0 Å². The molecular weight excluding hydrogens is 178 g/mol. The standard InChI is InChI=1S/C11H17NO2/c1-4-8(2)14-9-5-6-10(12)11(7-9)13-3/h5-8H,4,12H2,1-3H3. The van der Waals surface area contributed by atoms with E-state index in [0.717, 1.165) is 12.2 Å². The Labute approximate surface area is 84.8 Å². The third-order valence-electron chi connectivity index (χ3n) is 2.12. The fraction of sp³-hybridized carbons (Fsp3) is 0.455. The molecule has 0 fully saturated rings. The van der Waals surface area contributed by atoms with E-state index in [1.165, 1.54) is 0 Å². The van der Waals surface area contributed by atoms with Gasteiger partial charge in [0.15, 0.2) is 0 Å². The maximum Gasteiger partial charge on any atom is 0.145 e. The fourth-order valence-corrected chi connectivity index (χ4v) is 1.08. The molecule has 0 aliphatic carbocycles. The smallest absolute Gasteiger partial charge is 0.145 e. The number of nitrogen functional groups attached to an aromatic ring is 1. The summed E-state index contributed by atoms with van der Waals surface area (Å²) in [6.07, 6.45) is 1.19. The van der Waals surface area contributed by atoms with E-state index in [9.17, 15) is 0 Å². The van der Waals surface area contributed by atoms with Crippen LogP contribution in [0, 0.1) is 0 Å². The Morgan fingerprint density at radius 1 is 1.43 bits per heavy atom. The monoisotopic (exact) mass is 195 g/mol. The number of nitrogens with two attached hydrogens (primary N) is 1. The summed E-state index contributed by atoms with van der Waals surface area (Å²) in [5.41, 5.74) is 6.31. The van der Waals surface area contributed by atoms with E-state index in [1.807, 2.05) is 19.1 Å². The first-order valence-electron chi connectivity index (χ1n) is 4.77. The molecule has 0 amide bonds. The van der Waals surface area contributed by atoms with Crippen molar-refractivity contribution < 1.29 is 9.47 Å². The summed E-state index contributed by atoms with van der Waals surface area (Å²) in [5.74, 6) is 1.45. The van der Waals surface area contributed by atoms with Crippen molar-refractivity contribution in [3.05, 3.63) is 18.2 Å². The van der Waals surface area contributed by atoms with Gasteiger partial charge in [-0.1, -0.05) is 6.92 Å². The average Bonchev–Trinajstić information content (AvgIpc) is 2.20. The van der Waals surface area contributed by atoms with Crippen molar-refractivity contribution in [2.45, 2.75) is 26.4 Å². The largest absolute Gasteiger partial charge is 0.494 e. The second-order valence-electron chi connectivity index (χ2n) is 3.24. The molecule has 1 unspecified atom stereocenters. The third-order valence-corrected chi connectivity index (χ3v) is 2.12. The van der Waals surface area contributed by atoms with Crippen molar-refractivity contribution >= 4 is 5.69 Å². The van der Waals surface area contributed by atoms with Gasteiger partial charge in [0.1, 0.15) is 11.5 Å². The van der Waals surface area contributed by atoms with Gasteiger partial charge in [0.2, 0.25) is 0 Å². The Morgan fingerprint density at radius 2 is 2.14 bits per heavy atom. The number of hydrogen-bond donors (Lipinski definition) is 1. The number of hydrogen-bond acceptors (Lipinski definition) is 3. The van der Waals surface area contributed by atoms with Gasteiger partial charge in [0.25, 0.3) is 0 Å². The van der Waals surface area contributed by atoms with E-state index in [2.05, 4.69) is 6.92 Å². The van der Waals surface area contributed by atoms with Gasteiger partial charge in [0, 0.05) is 6.07 Å². The lowest BCUT2D eigenvalue weighted by Crippen LogP contribution is -2.09. The maximum atomic E-state index is 5.68. The van der Waals surface area contributed by atoms with E-state index in [4.69, 9.17) is 15.2 Å². The van der Waals surface area contributed by atoms with Gasteiger partial charge >= 0.3 is 0 Å². The minimum absolute atomic E-state index is 0.211. The van der Waals surface area contributed by atoms with Gasteiger partial charge in [-0.25, -0.2) is 0 Å². The van der Waals surface area contributed by atoms with Gasteiger partial charge < -0.3 is 15.2 Å². The normalized spacial score (nSPS) is 12.2. The van der Waals surface area contributed by atoms with Crippen molar-refractivity contribution in [3.63, 3.8) is 0 Å². The van der Waals surface area contributed by atoms with E-state index < -0.39 is 0 Å². The molecule has 78 valence electrons. The Bertz CT molecular complexity index is 299.